The van der Waals surface area contributed by atoms with E-state index in [9.17, 15) is 0 Å². The summed E-state index contributed by atoms with van der Waals surface area (Å²) in [6, 6.07) is 14.8. The van der Waals surface area contributed by atoms with Crippen molar-refractivity contribution in [1.82, 2.24) is 4.98 Å². The minimum atomic E-state index is -2.05. The number of pyridine rings is 1. The first-order valence-corrected chi connectivity index (χ1v) is 12.5. The lowest BCUT2D eigenvalue weighted by molar-refractivity contribution is 0.876. The molecule has 1 aromatic heterocycles. The summed E-state index contributed by atoms with van der Waals surface area (Å²) in [5.74, 6) is -0.889. The molecular formula is C23H29NSi. The van der Waals surface area contributed by atoms with E-state index in [1.54, 1.807) is 0 Å². The summed E-state index contributed by atoms with van der Waals surface area (Å²) in [6.45, 7) is 12.6. The van der Waals surface area contributed by atoms with Crippen molar-refractivity contribution < 1.29 is 2.74 Å². The van der Waals surface area contributed by atoms with E-state index in [2.05, 4.69) is 74.9 Å². The van der Waals surface area contributed by atoms with Gasteiger partial charge in [-0.2, -0.15) is 0 Å². The van der Waals surface area contributed by atoms with Crippen LogP contribution >= 0.6 is 0 Å². The van der Waals surface area contributed by atoms with Crippen molar-refractivity contribution in [1.29, 1.82) is 0 Å². The summed E-state index contributed by atoms with van der Waals surface area (Å²) in [6.07, 6.45) is 1.83. The van der Waals surface area contributed by atoms with Gasteiger partial charge in [0.25, 0.3) is 0 Å². The molecule has 1 nitrogen and oxygen atoms in total. The molecule has 0 N–H and O–H groups in total. The molecule has 25 heavy (non-hydrogen) atoms. The normalized spacial score (nSPS) is 13.9. The lowest BCUT2D eigenvalue weighted by atomic mass is 9.92. The monoisotopic (exact) mass is 349 g/mol. The number of nitrogens with zero attached hydrogens (tertiary/aromatic N) is 1. The number of aromatic nitrogens is 1. The van der Waals surface area contributed by atoms with E-state index >= 15 is 0 Å². The number of benzene rings is 2. The Morgan fingerprint density at radius 2 is 1.80 bits per heavy atom. The molecule has 0 aliphatic rings. The first-order valence-electron chi connectivity index (χ1n) is 10.0. The van der Waals surface area contributed by atoms with Crippen LogP contribution in [-0.2, 0) is 6.00 Å². The van der Waals surface area contributed by atoms with Gasteiger partial charge in [-0.05, 0) is 64.5 Å². The van der Waals surface area contributed by atoms with Crippen LogP contribution in [0.3, 0.4) is 0 Å². The molecule has 0 saturated carbocycles. The van der Waals surface area contributed by atoms with Crippen molar-refractivity contribution >= 4 is 18.8 Å². The minimum absolute atomic E-state index is 0.410. The fraction of sp³-hybridized carbons (Fsp3) is 0.348. The van der Waals surface area contributed by atoms with E-state index in [0.29, 0.717) is 5.92 Å². The van der Waals surface area contributed by atoms with Crippen LogP contribution < -0.4 is 0 Å². The number of hydrogen-bond donors (Lipinski definition) is 0. The van der Waals surface area contributed by atoms with Gasteiger partial charge >= 0.3 is 0 Å². The van der Waals surface area contributed by atoms with Crippen molar-refractivity contribution in [2.75, 3.05) is 0 Å². The Kier molecular flexibility index (Phi) is 4.14. The largest absolute Gasteiger partial charge is 0.256 e. The first-order chi connectivity index (χ1) is 12.5. The zero-order valence-corrected chi connectivity index (χ0v) is 17.1. The average molecular weight is 350 g/mol. The maximum atomic E-state index is 8.76. The average Bonchev–Trinajstić information content (AvgIpc) is 2.59. The van der Waals surface area contributed by atoms with Crippen LogP contribution in [0, 0.1) is 6.92 Å². The van der Waals surface area contributed by atoms with Crippen molar-refractivity contribution in [2.45, 2.75) is 52.3 Å². The molecule has 0 spiro atoms. The molecule has 2 heteroatoms. The summed E-state index contributed by atoms with van der Waals surface area (Å²) in [5.41, 5.74) is 4.93. The highest BCUT2D eigenvalue weighted by molar-refractivity contribution is 6.75. The van der Waals surface area contributed by atoms with Gasteiger partial charge in [0.15, 0.2) is 0 Å². The van der Waals surface area contributed by atoms with E-state index in [1.165, 1.54) is 16.3 Å². The fourth-order valence-electron chi connectivity index (χ4n) is 3.19. The SMILES string of the molecule is [2H]C([2H])(c1cc(-c2cc(C(C)C)c3ccccc3c2)ncc1C)[Si](C)(C)C. The number of hydrogen-bond acceptors (Lipinski definition) is 1. The molecule has 0 bridgehead atoms. The molecule has 0 saturated heterocycles. The van der Waals surface area contributed by atoms with Crippen LogP contribution in [0.5, 0.6) is 0 Å². The zero-order chi connectivity index (χ0) is 20.0. The highest BCUT2D eigenvalue weighted by atomic mass is 28.3. The van der Waals surface area contributed by atoms with Gasteiger partial charge in [0.1, 0.15) is 0 Å². The van der Waals surface area contributed by atoms with Gasteiger partial charge in [-0.1, -0.05) is 57.8 Å². The maximum absolute atomic E-state index is 8.76. The summed E-state index contributed by atoms with van der Waals surface area (Å²) >= 11 is 0. The van der Waals surface area contributed by atoms with Crippen LogP contribution in [0.4, 0.5) is 0 Å². The van der Waals surface area contributed by atoms with Crippen LogP contribution in [0.15, 0.2) is 48.7 Å². The standard InChI is InChI=1S/C23H29NSi/c1-16(2)22-12-19(11-18-9-7-8-10-21(18)22)23-13-20(15-25(4,5)6)17(3)14-24-23/h7-14,16H,15H2,1-6H3/i15D2. The first kappa shape index (κ1) is 15.3. The molecule has 0 amide bonds. The lowest BCUT2D eigenvalue weighted by Gasteiger charge is -2.18. The number of fused-ring (bicyclic) bond motifs is 1. The molecule has 0 unspecified atom stereocenters. The Balaban J connectivity index is 2.22. The number of aryl methyl sites for hydroxylation is 1. The summed E-state index contributed by atoms with van der Waals surface area (Å²) in [4.78, 5) is 4.66. The van der Waals surface area contributed by atoms with Crippen molar-refractivity contribution in [3.8, 4) is 11.3 Å². The van der Waals surface area contributed by atoms with E-state index in [0.717, 1.165) is 22.4 Å². The highest BCUT2D eigenvalue weighted by Gasteiger charge is 2.17. The molecule has 2 aromatic carbocycles. The molecule has 0 radical (unpaired) electrons. The molecule has 0 atom stereocenters. The Morgan fingerprint density at radius 3 is 2.48 bits per heavy atom. The fourth-order valence-corrected chi connectivity index (χ4v) is 4.26. The molecule has 0 aliphatic heterocycles. The van der Waals surface area contributed by atoms with Gasteiger partial charge in [-0.3, -0.25) is 4.98 Å². The summed E-state index contributed by atoms with van der Waals surface area (Å²) in [5, 5.41) is 2.48. The van der Waals surface area contributed by atoms with E-state index in [1.807, 2.05) is 19.2 Å². The van der Waals surface area contributed by atoms with Gasteiger partial charge in [-0.25, -0.2) is 0 Å². The van der Waals surface area contributed by atoms with Gasteiger partial charge in [0, 0.05) is 22.6 Å². The topological polar surface area (TPSA) is 12.9 Å². The second-order valence-electron chi connectivity index (χ2n) is 8.20. The quantitative estimate of drug-likeness (QED) is 0.474. The Hall–Kier alpha value is -1.93. The predicted octanol–water partition coefficient (Wildman–Crippen LogP) is 6.75. The minimum Gasteiger partial charge on any atom is -0.256 e. The van der Waals surface area contributed by atoms with Gasteiger partial charge < -0.3 is 0 Å². The zero-order valence-electron chi connectivity index (χ0n) is 18.1. The van der Waals surface area contributed by atoms with E-state index < -0.39 is 14.1 Å². The van der Waals surface area contributed by atoms with Crippen molar-refractivity contribution in [3.05, 3.63) is 65.4 Å². The third-order valence-corrected chi connectivity index (χ3v) is 5.44. The Morgan fingerprint density at radius 1 is 1.08 bits per heavy atom. The molecule has 1 heterocycles. The number of rotatable bonds is 4. The Labute approximate surface area is 156 Å². The van der Waals surface area contributed by atoms with Crippen LogP contribution in [-0.4, -0.2) is 13.1 Å². The summed E-state index contributed by atoms with van der Waals surface area (Å²) in [7, 11) is -2.05. The van der Waals surface area contributed by atoms with Crippen LogP contribution in [0.2, 0.25) is 19.6 Å². The molecule has 0 aliphatic carbocycles. The van der Waals surface area contributed by atoms with E-state index in [4.69, 9.17) is 2.74 Å². The van der Waals surface area contributed by atoms with Gasteiger partial charge in [0.05, 0.1) is 5.69 Å². The second kappa shape index (κ2) is 6.76. The molecule has 130 valence electrons. The smallest absolute Gasteiger partial charge is 0.0705 e. The summed E-state index contributed by atoms with van der Waals surface area (Å²) < 4.78 is 17.5. The van der Waals surface area contributed by atoms with Gasteiger partial charge in [-0.15, -0.1) is 0 Å². The third-order valence-electron chi connectivity index (χ3n) is 4.42. The second-order valence-corrected chi connectivity index (χ2v) is 13.0. The molecule has 3 rings (SSSR count). The van der Waals surface area contributed by atoms with Crippen LogP contribution in [0.1, 0.15) is 39.2 Å². The predicted molar refractivity (Wildman–Crippen MR) is 113 cm³/mol. The van der Waals surface area contributed by atoms with Crippen LogP contribution in [0.25, 0.3) is 22.0 Å². The van der Waals surface area contributed by atoms with Crippen molar-refractivity contribution in [3.63, 3.8) is 0 Å². The van der Waals surface area contributed by atoms with Crippen molar-refractivity contribution in [2.24, 2.45) is 0 Å². The third kappa shape index (κ3) is 4.01. The molecular weight excluding hydrogens is 318 g/mol. The van der Waals surface area contributed by atoms with E-state index in [-0.39, 0.29) is 0 Å². The van der Waals surface area contributed by atoms with Gasteiger partial charge in [0.2, 0.25) is 0 Å². The highest BCUT2D eigenvalue weighted by Crippen LogP contribution is 2.32. The molecule has 0 fully saturated rings. The maximum Gasteiger partial charge on any atom is 0.0705 e. The Bertz CT molecular complexity index is 987. The molecule has 3 aromatic rings. The lowest BCUT2D eigenvalue weighted by Crippen LogP contribution is -2.24.